The van der Waals surface area contributed by atoms with E-state index in [1.54, 1.807) is 26.4 Å². The highest BCUT2D eigenvalue weighted by Gasteiger charge is 2.02. The van der Waals surface area contributed by atoms with Crippen molar-refractivity contribution in [2.24, 2.45) is 0 Å². The predicted octanol–water partition coefficient (Wildman–Crippen LogP) is 3.98. The third-order valence-electron chi connectivity index (χ3n) is 3.25. The first-order chi connectivity index (χ1) is 11.6. The van der Waals surface area contributed by atoms with Crippen molar-refractivity contribution in [1.82, 2.24) is 5.32 Å². The number of carbonyl (C=O) groups excluding carboxylic acids is 1. The summed E-state index contributed by atoms with van der Waals surface area (Å²) in [5, 5.41) is 2.58. The molecule has 0 aromatic heterocycles. The number of hydrogen-bond acceptors (Lipinski definition) is 4. The SMILES string of the molecule is CCNC(=O)Oc1ccc(C=Cc2cc(OC)cc(OC)c2)cc1. The van der Waals surface area contributed by atoms with Gasteiger partial charge in [-0.3, -0.25) is 0 Å². The van der Waals surface area contributed by atoms with Gasteiger partial charge in [-0.15, -0.1) is 0 Å². The summed E-state index contributed by atoms with van der Waals surface area (Å²) in [5.74, 6) is 1.97. The zero-order valence-corrected chi connectivity index (χ0v) is 14.0. The Morgan fingerprint density at radius 1 is 0.917 bits per heavy atom. The van der Waals surface area contributed by atoms with Crippen LogP contribution >= 0.6 is 0 Å². The molecule has 126 valence electrons. The molecule has 0 radical (unpaired) electrons. The molecule has 0 aliphatic carbocycles. The lowest BCUT2D eigenvalue weighted by molar-refractivity contribution is 0.201. The molecule has 0 aliphatic heterocycles. The molecule has 0 spiro atoms. The maximum absolute atomic E-state index is 11.4. The average Bonchev–Trinajstić information content (AvgIpc) is 2.61. The van der Waals surface area contributed by atoms with Gasteiger partial charge in [0.15, 0.2) is 0 Å². The average molecular weight is 327 g/mol. The molecule has 0 unspecified atom stereocenters. The molecular weight excluding hydrogens is 306 g/mol. The van der Waals surface area contributed by atoms with E-state index in [2.05, 4.69) is 5.32 Å². The van der Waals surface area contributed by atoms with E-state index in [1.807, 2.05) is 49.4 Å². The second-order valence-corrected chi connectivity index (χ2v) is 4.97. The van der Waals surface area contributed by atoms with Crippen LogP contribution in [-0.2, 0) is 0 Å². The van der Waals surface area contributed by atoms with Crippen LogP contribution in [0.5, 0.6) is 17.2 Å². The van der Waals surface area contributed by atoms with E-state index in [4.69, 9.17) is 14.2 Å². The molecule has 2 aromatic rings. The van der Waals surface area contributed by atoms with Crippen LogP contribution < -0.4 is 19.5 Å². The second-order valence-electron chi connectivity index (χ2n) is 4.97. The molecule has 2 rings (SSSR count). The molecule has 0 saturated carbocycles. The number of ether oxygens (including phenoxy) is 3. The number of nitrogens with one attached hydrogen (secondary N) is 1. The van der Waals surface area contributed by atoms with Crippen LogP contribution in [0.3, 0.4) is 0 Å². The van der Waals surface area contributed by atoms with Crippen LogP contribution in [0.15, 0.2) is 42.5 Å². The smallest absolute Gasteiger partial charge is 0.412 e. The van der Waals surface area contributed by atoms with Gasteiger partial charge in [0.25, 0.3) is 0 Å². The van der Waals surface area contributed by atoms with E-state index in [9.17, 15) is 4.79 Å². The highest BCUT2D eigenvalue weighted by atomic mass is 16.6. The molecule has 0 aliphatic rings. The molecule has 0 heterocycles. The predicted molar refractivity (Wildman–Crippen MR) is 94.6 cm³/mol. The minimum atomic E-state index is -0.454. The molecule has 0 saturated heterocycles. The van der Waals surface area contributed by atoms with Gasteiger partial charge in [0.05, 0.1) is 14.2 Å². The summed E-state index contributed by atoms with van der Waals surface area (Å²) in [6.07, 6.45) is 3.47. The molecule has 0 fully saturated rings. The Labute approximate surface area is 141 Å². The van der Waals surface area contributed by atoms with Crippen LogP contribution in [0.25, 0.3) is 12.2 Å². The zero-order valence-electron chi connectivity index (χ0n) is 14.0. The van der Waals surface area contributed by atoms with Crippen molar-refractivity contribution in [3.8, 4) is 17.2 Å². The van der Waals surface area contributed by atoms with Gasteiger partial charge in [0.2, 0.25) is 0 Å². The van der Waals surface area contributed by atoms with Crippen LogP contribution in [0.2, 0.25) is 0 Å². The number of amides is 1. The number of carbonyl (C=O) groups is 1. The highest BCUT2D eigenvalue weighted by Crippen LogP contribution is 2.24. The second kappa shape index (κ2) is 8.62. The topological polar surface area (TPSA) is 56.8 Å². The fraction of sp³-hybridized carbons (Fsp3) is 0.211. The minimum absolute atomic E-state index is 0.454. The summed E-state index contributed by atoms with van der Waals surface area (Å²) in [5.41, 5.74) is 1.95. The summed E-state index contributed by atoms with van der Waals surface area (Å²) < 4.78 is 15.6. The minimum Gasteiger partial charge on any atom is -0.497 e. The van der Waals surface area contributed by atoms with Crippen LogP contribution in [0.4, 0.5) is 4.79 Å². The molecule has 1 amide bonds. The van der Waals surface area contributed by atoms with Gasteiger partial charge in [0, 0.05) is 12.6 Å². The first kappa shape index (κ1) is 17.4. The van der Waals surface area contributed by atoms with Crippen LogP contribution in [0.1, 0.15) is 18.1 Å². The lowest BCUT2D eigenvalue weighted by atomic mass is 10.1. The van der Waals surface area contributed by atoms with E-state index in [-0.39, 0.29) is 0 Å². The third-order valence-corrected chi connectivity index (χ3v) is 3.25. The van der Waals surface area contributed by atoms with Crippen LogP contribution in [-0.4, -0.2) is 26.9 Å². The van der Waals surface area contributed by atoms with Crippen molar-refractivity contribution in [2.45, 2.75) is 6.92 Å². The fourth-order valence-corrected chi connectivity index (χ4v) is 2.05. The summed E-state index contributed by atoms with van der Waals surface area (Å²) >= 11 is 0. The van der Waals surface area contributed by atoms with Gasteiger partial charge in [0.1, 0.15) is 17.2 Å². The van der Waals surface area contributed by atoms with Crippen molar-refractivity contribution in [3.63, 3.8) is 0 Å². The lowest BCUT2D eigenvalue weighted by Crippen LogP contribution is -2.26. The molecule has 5 heteroatoms. The van der Waals surface area contributed by atoms with E-state index in [0.29, 0.717) is 12.3 Å². The number of benzene rings is 2. The Bertz CT molecular complexity index is 686. The van der Waals surface area contributed by atoms with Crippen molar-refractivity contribution in [2.75, 3.05) is 20.8 Å². The fourth-order valence-electron chi connectivity index (χ4n) is 2.05. The zero-order chi connectivity index (χ0) is 17.4. The van der Waals surface area contributed by atoms with E-state index < -0.39 is 6.09 Å². The molecule has 5 nitrogen and oxygen atoms in total. The Hall–Kier alpha value is -2.95. The van der Waals surface area contributed by atoms with Gasteiger partial charge in [-0.1, -0.05) is 24.3 Å². The maximum atomic E-state index is 11.4. The molecule has 1 N–H and O–H groups in total. The Morgan fingerprint density at radius 3 is 2.04 bits per heavy atom. The molecule has 24 heavy (non-hydrogen) atoms. The van der Waals surface area contributed by atoms with E-state index in [1.165, 1.54) is 0 Å². The van der Waals surface area contributed by atoms with Gasteiger partial charge in [-0.25, -0.2) is 4.79 Å². The van der Waals surface area contributed by atoms with Crippen molar-refractivity contribution < 1.29 is 19.0 Å². The summed E-state index contributed by atoms with van der Waals surface area (Å²) in [7, 11) is 3.24. The van der Waals surface area contributed by atoms with Crippen molar-refractivity contribution in [3.05, 3.63) is 53.6 Å². The van der Waals surface area contributed by atoms with Crippen molar-refractivity contribution >= 4 is 18.2 Å². The Balaban J connectivity index is 2.08. The first-order valence-electron chi connectivity index (χ1n) is 7.61. The maximum Gasteiger partial charge on any atom is 0.412 e. The summed E-state index contributed by atoms with van der Waals surface area (Å²) in [6.45, 7) is 2.37. The monoisotopic (exact) mass is 327 g/mol. The lowest BCUT2D eigenvalue weighted by Gasteiger charge is -2.06. The summed E-state index contributed by atoms with van der Waals surface area (Å²) in [4.78, 5) is 11.4. The molecule has 2 aromatic carbocycles. The first-order valence-corrected chi connectivity index (χ1v) is 7.61. The molecule has 0 bridgehead atoms. The third kappa shape index (κ3) is 5.05. The van der Waals surface area contributed by atoms with Gasteiger partial charge in [-0.05, 0) is 42.3 Å². The quantitative estimate of drug-likeness (QED) is 0.815. The largest absolute Gasteiger partial charge is 0.497 e. The van der Waals surface area contributed by atoms with Gasteiger partial charge >= 0.3 is 6.09 Å². The molecular formula is C19H21NO4. The number of methoxy groups -OCH3 is 2. The highest BCUT2D eigenvalue weighted by molar-refractivity contribution is 5.72. The normalized spacial score (nSPS) is 10.5. The standard InChI is InChI=1S/C19H21NO4/c1-4-20-19(21)24-16-9-7-14(8-10-16)5-6-15-11-17(22-2)13-18(12-15)23-3/h5-13H,4H2,1-3H3,(H,20,21). The van der Waals surface area contributed by atoms with E-state index in [0.717, 1.165) is 22.6 Å². The number of hydrogen-bond donors (Lipinski definition) is 1. The Kier molecular flexibility index (Phi) is 6.25. The van der Waals surface area contributed by atoms with Gasteiger partial charge < -0.3 is 19.5 Å². The number of rotatable bonds is 6. The van der Waals surface area contributed by atoms with Crippen molar-refractivity contribution in [1.29, 1.82) is 0 Å². The molecule has 0 atom stereocenters. The van der Waals surface area contributed by atoms with Crippen LogP contribution in [0, 0.1) is 0 Å². The Morgan fingerprint density at radius 2 is 1.50 bits per heavy atom. The summed E-state index contributed by atoms with van der Waals surface area (Å²) in [6, 6.07) is 12.9. The van der Waals surface area contributed by atoms with E-state index >= 15 is 0 Å². The van der Waals surface area contributed by atoms with Gasteiger partial charge in [-0.2, -0.15) is 0 Å².